The second kappa shape index (κ2) is 6.72. The SMILES string of the molecule is CCOc1ccccc1N1C(=O)C(=O)N(Cc2cccc(F)c2)C1=O. The van der Waals surface area contributed by atoms with E-state index < -0.39 is 23.7 Å². The van der Waals surface area contributed by atoms with Gasteiger partial charge in [-0.15, -0.1) is 0 Å². The van der Waals surface area contributed by atoms with Crippen LogP contribution in [0, 0.1) is 5.82 Å². The number of benzene rings is 2. The highest BCUT2D eigenvalue weighted by Gasteiger charge is 2.46. The largest absolute Gasteiger partial charge is 0.492 e. The van der Waals surface area contributed by atoms with Crippen LogP contribution in [0.1, 0.15) is 12.5 Å². The molecule has 0 N–H and O–H groups in total. The van der Waals surface area contributed by atoms with Crippen LogP contribution < -0.4 is 9.64 Å². The molecule has 0 spiro atoms. The van der Waals surface area contributed by atoms with Gasteiger partial charge in [0.25, 0.3) is 0 Å². The third kappa shape index (κ3) is 3.08. The lowest BCUT2D eigenvalue weighted by molar-refractivity contribution is -0.139. The van der Waals surface area contributed by atoms with E-state index >= 15 is 0 Å². The Hall–Kier alpha value is -3.22. The van der Waals surface area contributed by atoms with Crippen molar-refractivity contribution >= 4 is 23.5 Å². The van der Waals surface area contributed by atoms with Gasteiger partial charge in [-0.05, 0) is 36.8 Å². The molecule has 1 fully saturated rings. The number of rotatable bonds is 5. The van der Waals surface area contributed by atoms with E-state index in [9.17, 15) is 18.8 Å². The van der Waals surface area contributed by atoms with E-state index in [2.05, 4.69) is 0 Å². The molecule has 3 rings (SSSR count). The molecular formula is C18H15FN2O4. The molecule has 1 aliphatic rings. The molecule has 2 aromatic rings. The highest BCUT2D eigenvalue weighted by atomic mass is 19.1. The van der Waals surface area contributed by atoms with Crippen molar-refractivity contribution in [3.63, 3.8) is 0 Å². The van der Waals surface area contributed by atoms with Crippen molar-refractivity contribution in [1.82, 2.24) is 4.90 Å². The molecule has 128 valence electrons. The molecule has 0 radical (unpaired) electrons. The zero-order valence-electron chi connectivity index (χ0n) is 13.4. The topological polar surface area (TPSA) is 66.9 Å². The maximum Gasteiger partial charge on any atom is 0.339 e. The van der Waals surface area contributed by atoms with E-state index in [0.717, 1.165) is 9.80 Å². The van der Waals surface area contributed by atoms with Crippen molar-refractivity contribution < 1.29 is 23.5 Å². The predicted octanol–water partition coefficient (Wildman–Crippen LogP) is 2.72. The Kier molecular flexibility index (Phi) is 4.47. The fourth-order valence-electron chi connectivity index (χ4n) is 2.59. The van der Waals surface area contributed by atoms with Crippen LogP contribution in [-0.4, -0.2) is 29.4 Å². The number of ether oxygens (including phenoxy) is 1. The molecule has 4 amide bonds. The third-order valence-electron chi connectivity index (χ3n) is 3.69. The fraction of sp³-hybridized carbons (Fsp3) is 0.167. The zero-order chi connectivity index (χ0) is 18.0. The number of imide groups is 2. The molecule has 1 heterocycles. The summed E-state index contributed by atoms with van der Waals surface area (Å²) in [6.45, 7) is 1.93. The van der Waals surface area contributed by atoms with Crippen LogP contribution in [0.3, 0.4) is 0 Å². The summed E-state index contributed by atoms with van der Waals surface area (Å²) in [5.74, 6) is -2.08. The van der Waals surface area contributed by atoms with Gasteiger partial charge in [0.15, 0.2) is 0 Å². The van der Waals surface area contributed by atoms with Gasteiger partial charge in [-0.1, -0.05) is 24.3 Å². The normalized spacial score (nSPS) is 14.4. The standard InChI is InChI=1S/C18H15FN2O4/c1-2-25-15-9-4-3-8-14(15)21-17(23)16(22)20(18(21)24)11-12-6-5-7-13(19)10-12/h3-10H,2,11H2,1H3. The van der Waals surface area contributed by atoms with Gasteiger partial charge in [0.1, 0.15) is 11.6 Å². The molecule has 1 aliphatic heterocycles. The smallest absolute Gasteiger partial charge is 0.339 e. The van der Waals surface area contributed by atoms with Crippen molar-refractivity contribution in [2.24, 2.45) is 0 Å². The van der Waals surface area contributed by atoms with Crippen LogP contribution in [0.25, 0.3) is 0 Å². The lowest BCUT2D eigenvalue weighted by Crippen LogP contribution is -2.33. The average molecular weight is 342 g/mol. The maximum absolute atomic E-state index is 13.3. The van der Waals surface area contributed by atoms with Crippen molar-refractivity contribution in [2.45, 2.75) is 13.5 Å². The minimum absolute atomic E-state index is 0.186. The second-order valence-corrected chi connectivity index (χ2v) is 5.35. The summed E-state index contributed by atoms with van der Waals surface area (Å²) >= 11 is 0. The van der Waals surface area contributed by atoms with E-state index in [1.54, 1.807) is 31.2 Å². The minimum Gasteiger partial charge on any atom is -0.492 e. The predicted molar refractivity (Wildman–Crippen MR) is 87.4 cm³/mol. The number of urea groups is 1. The van der Waals surface area contributed by atoms with Gasteiger partial charge >= 0.3 is 17.8 Å². The van der Waals surface area contributed by atoms with Crippen molar-refractivity contribution in [3.05, 3.63) is 59.9 Å². The highest BCUT2D eigenvalue weighted by Crippen LogP contribution is 2.32. The molecule has 0 aliphatic carbocycles. The molecule has 0 atom stereocenters. The van der Waals surface area contributed by atoms with Crippen LogP contribution >= 0.6 is 0 Å². The van der Waals surface area contributed by atoms with E-state index in [4.69, 9.17) is 4.74 Å². The second-order valence-electron chi connectivity index (χ2n) is 5.35. The summed E-state index contributed by atoms with van der Waals surface area (Å²) in [7, 11) is 0. The van der Waals surface area contributed by atoms with E-state index in [1.165, 1.54) is 24.3 Å². The number of hydrogen-bond donors (Lipinski definition) is 0. The number of halogens is 1. The molecule has 1 saturated heterocycles. The molecule has 2 aromatic carbocycles. The summed E-state index contributed by atoms with van der Waals surface area (Å²) in [5.41, 5.74) is 0.615. The third-order valence-corrected chi connectivity index (χ3v) is 3.69. The Balaban J connectivity index is 1.92. The Bertz CT molecular complexity index is 852. The van der Waals surface area contributed by atoms with Gasteiger partial charge in [0, 0.05) is 0 Å². The van der Waals surface area contributed by atoms with Gasteiger partial charge in [-0.3, -0.25) is 14.5 Å². The molecule has 7 heteroatoms. The summed E-state index contributed by atoms with van der Waals surface area (Å²) in [6, 6.07) is 11.2. The van der Waals surface area contributed by atoms with Crippen LogP contribution in [0.15, 0.2) is 48.5 Å². The number of carbonyl (C=O) groups is 3. The highest BCUT2D eigenvalue weighted by molar-refractivity contribution is 6.52. The van der Waals surface area contributed by atoms with E-state index in [0.29, 0.717) is 17.9 Å². The Labute approximate surface area is 143 Å². The first kappa shape index (κ1) is 16.6. The van der Waals surface area contributed by atoms with Gasteiger partial charge in [0.05, 0.1) is 18.8 Å². The average Bonchev–Trinajstić information content (AvgIpc) is 2.80. The van der Waals surface area contributed by atoms with Crippen molar-refractivity contribution in [1.29, 1.82) is 0 Å². The van der Waals surface area contributed by atoms with Crippen LogP contribution in [0.4, 0.5) is 14.9 Å². The molecule has 0 saturated carbocycles. The van der Waals surface area contributed by atoms with Crippen LogP contribution in [0.2, 0.25) is 0 Å². The Morgan fingerprint density at radius 2 is 1.76 bits per heavy atom. The lowest BCUT2D eigenvalue weighted by atomic mass is 10.2. The summed E-state index contributed by atoms with van der Waals surface area (Å²) in [6.07, 6.45) is 0. The first-order chi connectivity index (χ1) is 12.0. The summed E-state index contributed by atoms with van der Waals surface area (Å²) in [5, 5.41) is 0. The van der Waals surface area contributed by atoms with Gasteiger partial charge in [0.2, 0.25) is 0 Å². The first-order valence-corrected chi connectivity index (χ1v) is 7.69. The lowest BCUT2D eigenvalue weighted by Gasteiger charge is -2.18. The molecule has 6 nitrogen and oxygen atoms in total. The zero-order valence-corrected chi connectivity index (χ0v) is 13.4. The molecule has 0 unspecified atom stereocenters. The Morgan fingerprint density at radius 1 is 1.00 bits per heavy atom. The summed E-state index contributed by atoms with van der Waals surface area (Å²) < 4.78 is 18.7. The van der Waals surface area contributed by atoms with Crippen LogP contribution in [-0.2, 0) is 16.1 Å². The van der Waals surface area contributed by atoms with E-state index in [-0.39, 0.29) is 12.2 Å². The number of amides is 4. The number of carbonyl (C=O) groups excluding carboxylic acids is 3. The number of nitrogens with zero attached hydrogens (tertiary/aromatic N) is 2. The molecular weight excluding hydrogens is 327 g/mol. The molecule has 0 bridgehead atoms. The van der Waals surface area contributed by atoms with Gasteiger partial charge in [-0.2, -0.15) is 0 Å². The molecule has 25 heavy (non-hydrogen) atoms. The van der Waals surface area contributed by atoms with Gasteiger partial charge in [-0.25, -0.2) is 14.1 Å². The van der Waals surface area contributed by atoms with Crippen LogP contribution in [0.5, 0.6) is 5.75 Å². The number of para-hydroxylation sites is 2. The number of hydrogen-bond acceptors (Lipinski definition) is 4. The minimum atomic E-state index is -0.964. The Morgan fingerprint density at radius 3 is 2.48 bits per heavy atom. The van der Waals surface area contributed by atoms with Gasteiger partial charge < -0.3 is 4.74 Å². The van der Waals surface area contributed by atoms with Crippen molar-refractivity contribution in [2.75, 3.05) is 11.5 Å². The van der Waals surface area contributed by atoms with E-state index in [1.807, 2.05) is 0 Å². The quantitative estimate of drug-likeness (QED) is 0.619. The number of anilines is 1. The fourth-order valence-corrected chi connectivity index (χ4v) is 2.59. The monoisotopic (exact) mass is 342 g/mol. The first-order valence-electron chi connectivity index (χ1n) is 7.69. The molecule has 0 aromatic heterocycles. The maximum atomic E-state index is 13.3. The van der Waals surface area contributed by atoms with Crippen molar-refractivity contribution in [3.8, 4) is 5.75 Å². The summed E-state index contributed by atoms with van der Waals surface area (Å²) in [4.78, 5) is 38.8.